The summed E-state index contributed by atoms with van der Waals surface area (Å²) >= 11 is 0. The summed E-state index contributed by atoms with van der Waals surface area (Å²) < 4.78 is 12.2. The van der Waals surface area contributed by atoms with E-state index >= 15 is 0 Å². The molecule has 122 valence electrons. The largest absolute Gasteiger partial charge is 0.456 e. The molecule has 0 aliphatic carbocycles. The summed E-state index contributed by atoms with van der Waals surface area (Å²) in [6.07, 6.45) is 3.65. The summed E-state index contributed by atoms with van der Waals surface area (Å²) in [6.45, 7) is 0. The Morgan fingerprint density at radius 2 is 1.35 bits per heavy atom. The van der Waals surface area contributed by atoms with Gasteiger partial charge < -0.3 is 8.83 Å². The number of fused-ring (bicyclic) bond motifs is 7. The molecule has 0 atom stereocenters. The topological polar surface area (TPSA) is 39.2 Å². The van der Waals surface area contributed by atoms with Crippen molar-refractivity contribution in [3.05, 3.63) is 79.1 Å². The quantitative estimate of drug-likeness (QED) is 0.342. The third kappa shape index (κ3) is 1.80. The van der Waals surface area contributed by atoms with Crippen molar-refractivity contribution in [1.29, 1.82) is 0 Å². The minimum Gasteiger partial charge on any atom is -0.456 e. The average molecular weight is 335 g/mol. The molecule has 6 rings (SSSR count). The first-order valence-corrected chi connectivity index (χ1v) is 8.55. The highest BCUT2D eigenvalue weighted by Gasteiger charge is 2.16. The number of hydrogen-bond acceptors (Lipinski definition) is 3. The van der Waals surface area contributed by atoms with E-state index in [-0.39, 0.29) is 0 Å². The number of hydrogen-bond donors (Lipinski definition) is 0. The Balaban J connectivity index is 1.73. The SMILES string of the molecule is c1cncc(-c2ccc3c(c2)oc2ccc4oc5ccccc5c4c23)c1. The normalized spacial score (nSPS) is 11.8. The Morgan fingerprint density at radius 1 is 0.577 bits per heavy atom. The van der Waals surface area contributed by atoms with Crippen molar-refractivity contribution >= 4 is 43.9 Å². The predicted molar refractivity (Wildman–Crippen MR) is 104 cm³/mol. The fraction of sp³-hybridized carbons (Fsp3) is 0. The van der Waals surface area contributed by atoms with Crippen LogP contribution in [0.5, 0.6) is 0 Å². The van der Waals surface area contributed by atoms with Crippen molar-refractivity contribution in [2.75, 3.05) is 0 Å². The lowest BCUT2D eigenvalue weighted by atomic mass is 10.0. The van der Waals surface area contributed by atoms with Gasteiger partial charge in [0, 0.05) is 39.5 Å². The summed E-state index contributed by atoms with van der Waals surface area (Å²) in [5.41, 5.74) is 5.71. The zero-order valence-electron chi connectivity index (χ0n) is 13.8. The van der Waals surface area contributed by atoms with Gasteiger partial charge in [-0.05, 0) is 42.0 Å². The fourth-order valence-corrected chi connectivity index (χ4v) is 3.79. The van der Waals surface area contributed by atoms with E-state index < -0.39 is 0 Å². The lowest BCUT2D eigenvalue weighted by Crippen LogP contribution is -1.78. The predicted octanol–water partition coefficient (Wildman–Crippen LogP) is 6.55. The molecule has 3 heteroatoms. The number of aromatic nitrogens is 1. The first-order valence-electron chi connectivity index (χ1n) is 8.55. The van der Waals surface area contributed by atoms with Crippen LogP contribution in [0.25, 0.3) is 55.0 Å². The molecule has 0 saturated carbocycles. The average Bonchev–Trinajstić information content (AvgIpc) is 3.25. The molecule has 6 aromatic rings. The highest BCUT2D eigenvalue weighted by molar-refractivity contribution is 6.25. The first kappa shape index (κ1) is 13.7. The Kier molecular flexibility index (Phi) is 2.61. The van der Waals surface area contributed by atoms with Crippen LogP contribution in [0.15, 0.2) is 88.0 Å². The van der Waals surface area contributed by atoms with E-state index in [9.17, 15) is 0 Å². The summed E-state index contributed by atoms with van der Waals surface area (Å²) in [4.78, 5) is 4.21. The molecule has 26 heavy (non-hydrogen) atoms. The van der Waals surface area contributed by atoms with Crippen LogP contribution in [0.3, 0.4) is 0 Å². The van der Waals surface area contributed by atoms with E-state index in [1.807, 2.05) is 42.6 Å². The Hall–Kier alpha value is -3.59. The van der Waals surface area contributed by atoms with Crippen LogP contribution in [-0.4, -0.2) is 4.98 Å². The Labute approximate surface area is 148 Å². The molecule has 3 aromatic carbocycles. The zero-order chi connectivity index (χ0) is 17.1. The Bertz CT molecular complexity index is 1420. The van der Waals surface area contributed by atoms with Crippen LogP contribution in [0.4, 0.5) is 0 Å². The maximum Gasteiger partial charge on any atom is 0.136 e. The second-order valence-electron chi connectivity index (χ2n) is 6.46. The van der Waals surface area contributed by atoms with Crippen molar-refractivity contribution < 1.29 is 8.83 Å². The van der Waals surface area contributed by atoms with Crippen molar-refractivity contribution in [3.8, 4) is 11.1 Å². The minimum atomic E-state index is 0.874. The van der Waals surface area contributed by atoms with E-state index in [0.717, 1.165) is 55.0 Å². The summed E-state index contributed by atoms with van der Waals surface area (Å²) in [7, 11) is 0. The van der Waals surface area contributed by atoms with Gasteiger partial charge in [-0.2, -0.15) is 0 Å². The van der Waals surface area contributed by atoms with E-state index in [1.54, 1.807) is 6.20 Å². The van der Waals surface area contributed by atoms with Gasteiger partial charge >= 0.3 is 0 Å². The molecule has 0 saturated heterocycles. The monoisotopic (exact) mass is 335 g/mol. The molecule has 0 bridgehead atoms. The number of pyridine rings is 1. The molecule has 0 aliphatic rings. The molecule has 0 radical (unpaired) electrons. The van der Waals surface area contributed by atoms with Crippen molar-refractivity contribution in [1.82, 2.24) is 4.98 Å². The number of benzene rings is 3. The molecular formula is C23H13NO2. The van der Waals surface area contributed by atoms with Gasteiger partial charge in [0.1, 0.15) is 22.3 Å². The smallest absolute Gasteiger partial charge is 0.136 e. The highest BCUT2D eigenvalue weighted by Crippen LogP contribution is 2.40. The second-order valence-corrected chi connectivity index (χ2v) is 6.46. The van der Waals surface area contributed by atoms with Gasteiger partial charge in [-0.1, -0.05) is 30.3 Å². The summed E-state index contributed by atoms with van der Waals surface area (Å²) in [6, 6.07) is 22.5. The van der Waals surface area contributed by atoms with Crippen LogP contribution in [0, 0.1) is 0 Å². The number of para-hydroxylation sites is 1. The number of nitrogens with zero attached hydrogens (tertiary/aromatic N) is 1. The van der Waals surface area contributed by atoms with Crippen LogP contribution >= 0.6 is 0 Å². The van der Waals surface area contributed by atoms with Gasteiger partial charge in [-0.3, -0.25) is 4.98 Å². The van der Waals surface area contributed by atoms with Crippen molar-refractivity contribution in [2.24, 2.45) is 0 Å². The maximum atomic E-state index is 6.18. The van der Waals surface area contributed by atoms with Gasteiger partial charge in [0.05, 0.1) is 0 Å². The maximum absolute atomic E-state index is 6.18. The lowest BCUT2D eigenvalue weighted by Gasteiger charge is -2.00. The standard InChI is InChI=1S/C23H13NO2/c1-2-6-18-16(5-1)22-19(25-18)9-10-20-23(22)17-8-7-14(12-21(17)26-20)15-4-3-11-24-13-15/h1-13H. The molecule has 0 amide bonds. The van der Waals surface area contributed by atoms with Crippen molar-refractivity contribution in [2.45, 2.75) is 0 Å². The summed E-state index contributed by atoms with van der Waals surface area (Å²) in [5.74, 6) is 0. The molecule has 3 nitrogen and oxygen atoms in total. The van der Waals surface area contributed by atoms with Crippen LogP contribution in [0.1, 0.15) is 0 Å². The molecule has 0 spiro atoms. The summed E-state index contributed by atoms with van der Waals surface area (Å²) in [5, 5.41) is 4.45. The van der Waals surface area contributed by atoms with Gasteiger partial charge in [0.15, 0.2) is 0 Å². The van der Waals surface area contributed by atoms with E-state index in [2.05, 4.69) is 35.3 Å². The van der Waals surface area contributed by atoms with E-state index in [0.29, 0.717) is 0 Å². The first-order chi connectivity index (χ1) is 12.9. The molecule has 3 heterocycles. The number of furan rings is 2. The van der Waals surface area contributed by atoms with Crippen molar-refractivity contribution in [3.63, 3.8) is 0 Å². The number of rotatable bonds is 1. The van der Waals surface area contributed by atoms with Gasteiger partial charge in [0.2, 0.25) is 0 Å². The molecule has 0 unspecified atom stereocenters. The Morgan fingerprint density at radius 3 is 2.15 bits per heavy atom. The second kappa shape index (κ2) is 4.96. The van der Waals surface area contributed by atoms with Gasteiger partial charge in [-0.15, -0.1) is 0 Å². The third-order valence-corrected chi connectivity index (χ3v) is 4.97. The molecule has 0 fully saturated rings. The van der Waals surface area contributed by atoms with Crippen LogP contribution in [-0.2, 0) is 0 Å². The molecule has 3 aromatic heterocycles. The van der Waals surface area contributed by atoms with Gasteiger partial charge in [0.25, 0.3) is 0 Å². The van der Waals surface area contributed by atoms with Crippen LogP contribution in [0.2, 0.25) is 0 Å². The zero-order valence-corrected chi connectivity index (χ0v) is 13.8. The van der Waals surface area contributed by atoms with E-state index in [1.165, 1.54) is 0 Å². The third-order valence-electron chi connectivity index (χ3n) is 4.97. The molecular weight excluding hydrogens is 322 g/mol. The minimum absolute atomic E-state index is 0.874. The molecule has 0 aliphatic heterocycles. The van der Waals surface area contributed by atoms with E-state index in [4.69, 9.17) is 8.83 Å². The fourth-order valence-electron chi connectivity index (χ4n) is 3.79. The lowest BCUT2D eigenvalue weighted by molar-refractivity contribution is 0.663. The highest BCUT2D eigenvalue weighted by atomic mass is 16.3. The van der Waals surface area contributed by atoms with Gasteiger partial charge in [-0.25, -0.2) is 0 Å². The molecule has 0 N–H and O–H groups in total. The van der Waals surface area contributed by atoms with Crippen LogP contribution < -0.4 is 0 Å².